The molecule has 0 N–H and O–H groups in total. The van der Waals surface area contributed by atoms with Crippen molar-refractivity contribution in [3.63, 3.8) is 0 Å². The van der Waals surface area contributed by atoms with Gasteiger partial charge >= 0.3 is 0 Å². The Labute approximate surface area is 132 Å². The molecule has 2 aromatic heterocycles. The van der Waals surface area contributed by atoms with Crippen molar-refractivity contribution in [3.05, 3.63) is 24.8 Å². The minimum absolute atomic E-state index is 0.00673. The van der Waals surface area contributed by atoms with E-state index in [-0.39, 0.29) is 31.8 Å². The van der Waals surface area contributed by atoms with Gasteiger partial charge in [0.1, 0.15) is 18.0 Å². The summed E-state index contributed by atoms with van der Waals surface area (Å²) in [6.45, 7) is 0.503. The molecule has 2 atom stereocenters. The van der Waals surface area contributed by atoms with Gasteiger partial charge in [0.25, 0.3) is 0 Å². The lowest BCUT2D eigenvalue weighted by Crippen LogP contribution is -2.45. The Balaban J connectivity index is 1.47. The van der Waals surface area contributed by atoms with E-state index in [0.717, 1.165) is 5.56 Å². The highest BCUT2D eigenvalue weighted by Gasteiger charge is 2.29. The van der Waals surface area contributed by atoms with Gasteiger partial charge in [-0.3, -0.25) is 9.48 Å². The zero-order chi connectivity index (χ0) is 16.2. The van der Waals surface area contributed by atoms with Crippen LogP contribution >= 0.6 is 0 Å². The maximum Gasteiger partial charge on any atom is 0.222 e. The minimum atomic E-state index is -1.27. The quantitative estimate of drug-likeness (QED) is 0.846. The van der Waals surface area contributed by atoms with E-state index in [1.165, 1.54) is 4.90 Å². The average Bonchev–Trinajstić information content (AvgIpc) is 3.17. The molecule has 8 heteroatoms. The second-order valence-corrected chi connectivity index (χ2v) is 5.71. The molecule has 124 valence electrons. The highest BCUT2D eigenvalue weighted by molar-refractivity contribution is 5.76. The molecule has 0 bridgehead atoms. The predicted octanol–water partition coefficient (Wildman–Crippen LogP) is 2.23. The van der Waals surface area contributed by atoms with Crippen molar-refractivity contribution in [1.82, 2.24) is 19.9 Å². The van der Waals surface area contributed by atoms with Crippen LogP contribution in [-0.4, -0.2) is 51.2 Å². The molecular formula is C15H18F2N4O2. The Morgan fingerprint density at radius 3 is 2.83 bits per heavy atom. The zero-order valence-corrected chi connectivity index (χ0v) is 12.6. The van der Waals surface area contributed by atoms with Gasteiger partial charge in [-0.25, -0.2) is 8.78 Å². The van der Waals surface area contributed by atoms with Gasteiger partial charge in [-0.1, -0.05) is 5.21 Å². The third-order valence-corrected chi connectivity index (χ3v) is 3.83. The zero-order valence-electron chi connectivity index (χ0n) is 12.6. The summed E-state index contributed by atoms with van der Waals surface area (Å²) in [5.74, 6) is -0.217. The van der Waals surface area contributed by atoms with Crippen LogP contribution in [0, 0.1) is 0 Å². The van der Waals surface area contributed by atoms with E-state index in [9.17, 15) is 13.6 Å². The van der Waals surface area contributed by atoms with Crippen LogP contribution in [0.4, 0.5) is 8.78 Å². The topological polar surface area (TPSA) is 64.2 Å². The second kappa shape index (κ2) is 6.89. The fraction of sp³-hybridized carbons (Fsp3) is 0.533. The third kappa shape index (κ3) is 3.94. The van der Waals surface area contributed by atoms with Gasteiger partial charge in [-0.2, -0.15) is 0 Å². The fourth-order valence-electron chi connectivity index (χ4n) is 2.68. The van der Waals surface area contributed by atoms with Crippen molar-refractivity contribution >= 4 is 5.91 Å². The number of likely N-dealkylation sites (tertiary alicyclic amines) is 1. The van der Waals surface area contributed by atoms with Crippen LogP contribution in [0.1, 0.15) is 19.3 Å². The van der Waals surface area contributed by atoms with Gasteiger partial charge in [0, 0.05) is 24.9 Å². The van der Waals surface area contributed by atoms with Gasteiger partial charge in [0.15, 0.2) is 0 Å². The van der Waals surface area contributed by atoms with E-state index in [1.807, 2.05) is 0 Å². The standard InChI is InChI=1S/C15H18F2N4O2/c16-12-6-13(17)8-20(7-12)15(22)2-1-4-21-9-14(18-19-21)11-3-5-23-10-11/h3,5,9-10,12-13H,1-2,4,6-8H2/t12-,13+. The predicted molar refractivity (Wildman–Crippen MR) is 77.9 cm³/mol. The van der Waals surface area contributed by atoms with Crippen LogP contribution in [0.25, 0.3) is 11.3 Å². The Kier molecular flexibility index (Phi) is 4.68. The first kappa shape index (κ1) is 15.6. The number of hydrogen-bond acceptors (Lipinski definition) is 4. The van der Waals surface area contributed by atoms with Gasteiger partial charge in [-0.05, 0) is 12.5 Å². The Morgan fingerprint density at radius 2 is 2.13 bits per heavy atom. The summed E-state index contributed by atoms with van der Waals surface area (Å²) in [4.78, 5) is 13.3. The molecule has 3 heterocycles. The van der Waals surface area contributed by atoms with Gasteiger partial charge < -0.3 is 9.32 Å². The third-order valence-electron chi connectivity index (χ3n) is 3.83. The van der Waals surface area contributed by atoms with E-state index in [2.05, 4.69) is 10.3 Å². The molecule has 0 aromatic carbocycles. The number of piperidine rings is 1. The molecule has 1 saturated heterocycles. The smallest absolute Gasteiger partial charge is 0.222 e. The van der Waals surface area contributed by atoms with Crippen LogP contribution in [0.5, 0.6) is 0 Å². The first-order chi connectivity index (χ1) is 11.1. The number of nitrogens with zero attached hydrogens (tertiary/aromatic N) is 4. The number of alkyl halides is 2. The SMILES string of the molecule is O=C(CCCn1cc(-c2ccoc2)nn1)N1C[C@H](F)C[C@H](F)C1. The Hall–Kier alpha value is -2.25. The highest BCUT2D eigenvalue weighted by Crippen LogP contribution is 2.18. The second-order valence-electron chi connectivity index (χ2n) is 5.71. The van der Waals surface area contributed by atoms with Crippen molar-refractivity contribution in [3.8, 4) is 11.3 Å². The number of carbonyl (C=O) groups is 1. The van der Waals surface area contributed by atoms with Crippen LogP contribution < -0.4 is 0 Å². The Bertz CT molecular complexity index is 634. The molecule has 1 amide bonds. The molecular weight excluding hydrogens is 306 g/mol. The van der Waals surface area contributed by atoms with Gasteiger partial charge in [0.05, 0.1) is 31.8 Å². The number of aryl methyl sites for hydroxylation is 1. The van der Waals surface area contributed by atoms with E-state index >= 15 is 0 Å². The summed E-state index contributed by atoms with van der Waals surface area (Å²) in [5, 5.41) is 8.01. The Morgan fingerprint density at radius 1 is 1.35 bits per heavy atom. The summed E-state index contributed by atoms with van der Waals surface area (Å²) in [5.41, 5.74) is 1.53. The normalized spacial score (nSPS) is 21.6. The van der Waals surface area contributed by atoms with Crippen molar-refractivity contribution in [2.24, 2.45) is 0 Å². The minimum Gasteiger partial charge on any atom is -0.472 e. The van der Waals surface area contributed by atoms with Gasteiger partial charge in [0.2, 0.25) is 5.91 Å². The van der Waals surface area contributed by atoms with Crippen molar-refractivity contribution in [2.45, 2.75) is 38.2 Å². The lowest BCUT2D eigenvalue weighted by molar-refractivity contribution is -0.135. The molecule has 0 unspecified atom stereocenters. The number of furan rings is 1. The van der Waals surface area contributed by atoms with Crippen molar-refractivity contribution in [2.75, 3.05) is 13.1 Å². The molecule has 1 aliphatic rings. The van der Waals surface area contributed by atoms with Crippen molar-refractivity contribution in [1.29, 1.82) is 0 Å². The summed E-state index contributed by atoms with van der Waals surface area (Å²) in [6.07, 6.45) is 3.03. The molecule has 2 aromatic rings. The number of aromatic nitrogens is 3. The number of amides is 1. The van der Waals surface area contributed by atoms with Crippen molar-refractivity contribution < 1.29 is 18.0 Å². The number of hydrogen-bond donors (Lipinski definition) is 0. The molecule has 0 saturated carbocycles. The molecule has 6 nitrogen and oxygen atoms in total. The van der Waals surface area contributed by atoms with Crippen LogP contribution in [-0.2, 0) is 11.3 Å². The molecule has 0 spiro atoms. The molecule has 1 aliphatic heterocycles. The largest absolute Gasteiger partial charge is 0.472 e. The molecule has 0 radical (unpaired) electrons. The molecule has 3 rings (SSSR count). The summed E-state index contributed by atoms with van der Waals surface area (Å²) < 4.78 is 33.2. The first-order valence-electron chi connectivity index (χ1n) is 7.60. The molecule has 0 aliphatic carbocycles. The number of carbonyl (C=O) groups excluding carboxylic acids is 1. The van der Waals surface area contributed by atoms with E-state index in [1.54, 1.807) is 29.5 Å². The van der Waals surface area contributed by atoms with Crippen LogP contribution in [0.15, 0.2) is 29.2 Å². The first-order valence-corrected chi connectivity index (χ1v) is 7.60. The average molecular weight is 324 g/mol. The molecule has 1 fully saturated rings. The highest BCUT2D eigenvalue weighted by atomic mass is 19.1. The van der Waals surface area contributed by atoms with Gasteiger partial charge in [-0.15, -0.1) is 5.10 Å². The lowest BCUT2D eigenvalue weighted by Gasteiger charge is -2.31. The molecule has 23 heavy (non-hydrogen) atoms. The number of rotatable bonds is 5. The van der Waals surface area contributed by atoms with E-state index in [0.29, 0.717) is 18.7 Å². The maximum absolute atomic E-state index is 13.3. The maximum atomic E-state index is 13.3. The monoisotopic (exact) mass is 324 g/mol. The number of halogens is 2. The summed E-state index contributed by atoms with van der Waals surface area (Å²) >= 11 is 0. The summed E-state index contributed by atoms with van der Waals surface area (Å²) in [6, 6.07) is 1.79. The lowest BCUT2D eigenvalue weighted by atomic mass is 10.1. The van der Waals surface area contributed by atoms with Crippen LogP contribution in [0.2, 0.25) is 0 Å². The van der Waals surface area contributed by atoms with E-state index in [4.69, 9.17) is 4.42 Å². The van der Waals surface area contributed by atoms with E-state index < -0.39 is 12.3 Å². The fourth-order valence-corrected chi connectivity index (χ4v) is 2.68. The van der Waals surface area contributed by atoms with Crippen LogP contribution in [0.3, 0.4) is 0 Å². The summed E-state index contributed by atoms with van der Waals surface area (Å²) in [7, 11) is 0.